The van der Waals surface area contributed by atoms with Gasteiger partial charge in [-0.2, -0.15) is 0 Å². The Bertz CT molecular complexity index is 270. The Morgan fingerprint density at radius 3 is 2.85 bits per heavy atom. The number of para-hydroxylation sites is 1. The lowest BCUT2D eigenvalue weighted by Crippen LogP contribution is -2.17. The zero-order valence-electron chi connectivity index (χ0n) is 7.70. The Hall–Kier alpha value is -1.51. The summed E-state index contributed by atoms with van der Waals surface area (Å²) in [7, 11) is 0. The maximum absolute atomic E-state index is 11.1. The van der Waals surface area contributed by atoms with E-state index in [-0.39, 0.29) is 6.10 Å². The van der Waals surface area contributed by atoms with E-state index in [0.717, 1.165) is 0 Å². The summed E-state index contributed by atoms with van der Waals surface area (Å²) >= 11 is 0. The molecule has 0 saturated heterocycles. The van der Waals surface area contributed by atoms with Crippen LogP contribution < -0.4 is 5.32 Å². The smallest absolute Gasteiger partial charge is 0.411 e. The molecule has 13 heavy (non-hydrogen) atoms. The van der Waals surface area contributed by atoms with E-state index < -0.39 is 6.09 Å². The minimum Gasteiger partial charge on any atom is -0.447 e. The highest BCUT2D eigenvalue weighted by Gasteiger charge is 2.04. The quantitative estimate of drug-likeness (QED) is 0.755. The molecule has 1 amide bonds. The van der Waals surface area contributed by atoms with Crippen molar-refractivity contribution in [2.24, 2.45) is 0 Å². The van der Waals surface area contributed by atoms with Gasteiger partial charge in [0, 0.05) is 6.07 Å². The SMILES string of the molecule is CC(C)OC(=O)Nc1[c]cccc1. The zero-order valence-corrected chi connectivity index (χ0v) is 7.70. The summed E-state index contributed by atoms with van der Waals surface area (Å²) in [5, 5.41) is 2.56. The molecule has 0 aromatic heterocycles. The van der Waals surface area contributed by atoms with Crippen LogP contribution in [0.4, 0.5) is 10.5 Å². The lowest BCUT2D eigenvalue weighted by atomic mass is 10.3. The summed E-state index contributed by atoms with van der Waals surface area (Å²) in [6.45, 7) is 3.60. The molecular formula is C10H12NO2. The number of carbonyl (C=O) groups excluding carboxylic acids is 1. The molecule has 0 aliphatic carbocycles. The maximum Gasteiger partial charge on any atom is 0.411 e. The summed E-state index contributed by atoms with van der Waals surface area (Å²) < 4.78 is 4.88. The molecule has 0 atom stereocenters. The fourth-order valence-corrected chi connectivity index (χ4v) is 0.825. The van der Waals surface area contributed by atoms with E-state index in [1.807, 2.05) is 12.1 Å². The summed E-state index contributed by atoms with van der Waals surface area (Å²) in [5.41, 5.74) is 0.619. The normalized spacial score (nSPS) is 9.77. The monoisotopic (exact) mass is 178 g/mol. The van der Waals surface area contributed by atoms with E-state index in [2.05, 4.69) is 11.4 Å². The van der Waals surface area contributed by atoms with Gasteiger partial charge in [0.15, 0.2) is 0 Å². The average molecular weight is 178 g/mol. The Labute approximate surface area is 77.7 Å². The predicted molar refractivity (Wildman–Crippen MR) is 50.5 cm³/mol. The number of carbonyl (C=O) groups is 1. The van der Waals surface area contributed by atoms with Crippen LogP contribution in [0, 0.1) is 6.07 Å². The Kier molecular flexibility index (Phi) is 3.31. The lowest BCUT2D eigenvalue weighted by Gasteiger charge is -2.08. The first-order chi connectivity index (χ1) is 6.18. The number of benzene rings is 1. The van der Waals surface area contributed by atoms with Crippen LogP contribution >= 0.6 is 0 Å². The highest BCUT2D eigenvalue weighted by atomic mass is 16.6. The molecule has 0 heterocycles. The number of anilines is 1. The number of rotatable bonds is 2. The van der Waals surface area contributed by atoms with Crippen molar-refractivity contribution in [3.05, 3.63) is 30.3 Å². The van der Waals surface area contributed by atoms with Gasteiger partial charge in [-0.1, -0.05) is 18.2 Å². The van der Waals surface area contributed by atoms with E-state index >= 15 is 0 Å². The topological polar surface area (TPSA) is 38.3 Å². The number of hydrogen-bond donors (Lipinski definition) is 1. The Morgan fingerprint density at radius 1 is 1.54 bits per heavy atom. The molecule has 1 radical (unpaired) electrons. The Balaban J connectivity index is 2.46. The second kappa shape index (κ2) is 4.50. The number of amides is 1. The molecule has 3 nitrogen and oxygen atoms in total. The van der Waals surface area contributed by atoms with Crippen molar-refractivity contribution < 1.29 is 9.53 Å². The number of nitrogens with one attached hydrogen (secondary N) is 1. The van der Waals surface area contributed by atoms with Crippen LogP contribution in [0.25, 0.3) is 0 Å². The van der Waals surface area contributed by atoms with Crippen LogP contribution in [0.2, 0.25) is 0 Å². The minimum absolute atomic E-state index is 0.108. The van der Waals surface area contributed by atoms with Gasteiger partial charge in [0.05, 0.1) is 11.8 Å². The second-order valence-corrected chi connectivity index (χ2v) is 2.86. The molecule has 0 unspecified atom stereocenters. The van der Waals surface area contributed by atoms with E-state index in [9.17, 15) is 4.79 Å². The van der Waals surface area contributed by atoms with E-state index in [1.54, 1.807) is 26.0 Å². The van der Waals surface area contributed by atoms with Crippen LogP contribution in [-0.2, 0) is 4.74 Å². The van der Waals surface area contributed by atoms with Crippen molar-refractivity contribution in [1.29, 1.82) is 0 Å². The van der Waals surface area contributed by atoms with Gasteiger partial charge >= 0.3 is 6.09 Å². The van der Waals surface area contributed by atoms with Crippen molar-refractivity contribution in [1.82, 2.24) is 0 Å². The van der Waals surface area contributed by atoms with Gasteiger partial charge in [-0.15, -0.1) is 0 Å². The van der Waals surface area contributed by atoms with Crippen molar-refractivity contribution in [3.63, 3.8) is 0 Å². The molecule has 1 aromatic rings. The molecule has 0 aliphatic rings. The Morgan fingerprint density at radius 2 is 2.31 bits per heavy atom. The molecule has 3 heteroatoms. The van der Waals surface area contributed by atoms with Gasteiger partial charge < -0.3 is 4.74 Å². The van der Waals surface area contributed by atoms with Crippen LogP contribution in [0.1, 0.15) is 13.8 Å². The standard InChI is InChI=1S/C10H12NO2/c1-8(2)13-10(12)11-9-6-4-3-5-7-9/h3-6,8H,1-2H3,(H,11,12). The minimum atomic E-state index is -0.447. The second-order valence-electron chi connectivity index (χ2n) is 2.86. The molecule has 1 N–H and O–H groups in total. The molecule has 0 fully saturated rings. The molecule has 1 rings (SSSR count). The number of hydrogen-bond acceptors (Lipinski definition) is 2. The molecule has 0 bridgehead atoms. The first-order valence-corrected chi connectivity index (χ1v) is 4.13. The molecular weight excluding hydrogens is 166 g/mol. The largest absolute Gasteiger partial charge is 0.447 e. The van der Waals surface area contributed by atoms with Crippen LogP contribution in [0.15, 0.2) is 24.3 Å². The van der Waals surface area contributed by atoms with Gasteiger partial charge in [0.1, 0.15) is 0 Å². The lowest BCUT2D eigenvalue weighted by molar-refractivity contribution is 0.130. The van der Waals surface area contributed by atoms with Gasteiger partial charge in [-0.05, 0) is 19.9 Å². The molecule has 0 spiro atoms. The summed E-state index contributed by atoms with van der Waals surface area (Å²) in [6, 6.07) is 9.99. The van der Waals surface area contributed by atoms with Gasteiger partial charge in [0.2, 0.25) is 0 Å². The first kappa shape index (κ1) is 9.58. The van der Waals surface area contributed by atoms with Gasteiger partial charge in [0.25, 0.3) is 0 Å². The highest BCUT2D eigenvalue weighted by Crippen LogP contribution is 2.04. The molecule has 0 aliphatic heterocycles. The predicted octanol–water partition coefficient (Wildman–Crippen LogP) is 2.44. The van der Waals surface area contributed by atoms with E-state index in [1.165, 1.54) is 0 Å². The maximum atomic E-state index is 11.1. The molecule has 1 aromatic carbocycles. The number of ether oxygens (including phenoxy) is 1. The van der Waals surface area contributed by atoms with Crippen molar-refractivity contribution in [3.8, 4) is 0 Å². The van der Waals surface area contributed by atoms with Gasteiger partial charge in [-0.25, -0.2) is 4.79 Å². The van der Waals surface area contributed by atoms with Crippen LogP contribution in [0.5, 0.6) is 0 Å². The summed E-state index contributed by atoms with van der Waals surface area (Å²) in [4.78, 5) is 11.1. The highest BCUT2D eigenvalue weighted by molar-refractivity contribution is 5.84. The van der Waals surface area contributed by atoms with Crippen molar-refractivity contribution >= 4 is 11.8 Å². The third-order valence-corrected chi connectivity index (χ3v) is 1.29. The van der Waals surface area contributed by atoms with Crippen LogP contribution in [0.3, 0.4) is 0 Å². The van der Waals surface area contributed by atoms with Gasteiger partial charge in [-0.3, -0.25) is 5.32 Å². The van der Waals surface area contributed by atoms with Crippen molar-refractivity contribution in [2.75, 3.05) is 5.32 Å². The zero-order chi connectivity index (χ0) is 9.68. The average Bonchev–Trinajstić information content (AvgIpc) is 2.04. The van der Waals surface area contributed by atoms with Crippen LogP contribution in [-0.4, -0.2) is 12.2 Å². The fraction of sp³-hybridized carbons (Fsp3) is 0.300. The summed E-state index contributed by atoms with van der Waals surface area (Å²) in [5.74, 6) is 0. The first-order valence-electron chi connectivity index (χ1n) is 4.13. The fourth-order valence-electron chi connectivity index (χ4n) is 0.825. The molecule has 69 valence electrons. The third kappa shape index (κ3) is 3.60. The van der Waals surface area contributed by atoms with E-state index in [4.69, 9.17) is 4.74 Å². The summed E-state index contributed by atoms with van der Waals surface area (Å²) in [6.07, 6.45) is -0.554. The van der Waals surface area contributed by atoms with Crippen molar-refractivity contribution in [2.45, 2.75) is 20.0 Å². The van der Waals surface area contributed by atoms with E-state index in [0.29, 0.717) is 5.69 Å². The third-order valence-electron chi connectivity index (χ3n) is 1.29. The molecule has 0 saturated carbocycles.